The third kappa shape index (κ3) is 2.50. The van der Waals surface area contributed by atoms with Crippen molar-refractivity contribution in [3.05, 3.63) is 47.0 Å². The van der Waals surface area contributed by atoms with Crippen LogP contribution >= 0.6 is 0 Å². The predicted octanol–water partition coefficient (Wildman–Crippen LogP) is 3.70. The molecule has 0 unspecified atom stereocenters. The van der Waals surface area contributed by atoms with Crippen molar-refractivity contribution < 1.29 is 9.53 Å². The molecule has 20 heavy (non-hydrogen) atoms. The van der Waals surface area contributed by atoms with Crippen molar-refractivity contribution in [3.63, 3.8) is 0 Å². The summed E-state index contributed by atoms with van der Waals surface area (Å²) in [6, 6.07) is 11.6. The Bertz CT molecular complexity index is 696. The number of nitrogens with zero attached hydrogens (tertiary/aromatic N) is 1. The van der Waals surface area contributed by atoms with Gasteiger partial charge in [0.05, 0.1) is 24.3 Å². The largest absolute Gasteiger partial charge is 0.465 e. The van der Waals surface area contributed by atoms with Gasteiger partial charge in [-0.15, -0.1) is 0 Å². The average Bonchev–Trinajstić information content (AvgIpc) is 2.45. The number of nitriles is 1. The first-order chi connectivity index (χ1) is 9.58. The number of esters is 1. The number of hydrogen-bond donors (Lipinski definition) is 0. The van der Waals surface area contributed by atoms with E-state index in [1.807, 2.05) is 30.3 Å². The average molecular weight is 267 g/mol. The molecule has 102 valence electrons. The lowest BCUT2D eigenvalue weighted by molar-refractivity contribution is 0.0601. The van der Waals surface area contributed by atoms with E-state index in [0.29, 0.717) is 23.5 Å². The summed E-state index contributed by atoms with van der Waals surface area (Å²) in [7, 11) is 1.37. The van der Waals surface area contributed by atoms with Gasteiger partial charge in [-0.05, 0) is 34.7 Å². The van der Waals surface area contributed by atoms with Crippen LogP contribution in [0.4, 0.5) is 0 Å². The van der Waals surface area contributed by atoms with Crippen molar-refractivity contribution in [2.45, 2.75) is 20.3 Å². The topological polar surface area (TPSA) is 50.1 Å². The van der Waals surface area contributed by atoms with Gasteiger partial charge in [-0.1, -0.05) is 38.1 Å². The molecule has 0 spiro atoms. The van der Waals surface area contributed by atoms with Crippen LogP contribution < -0.4 is 0 Å². The number of methoxy groups -OCH3 is 1. The Balaban J connectivity index is 2.85. The van der Waals surface area contributed by atoms with E-state index in [1.54, 1.807) is 0 Å². The minimum Gasteiger partial charge on any atom is -0.465 e. The molecule has 0 N–H and O–H groups in total. The van der Waals surface area contributed by atoms with E-state index < -0.39 is 0 Å². The molecule has 0 heterocycles. The quantitative estimate of drug-likeness (QED) is 0.797. The second kappa shape index (κ2) is 5.75. The van der Waals surface area contributed by atoms with Crippen LogP contribution in [0.2, 0.25) is 0 Å². The van der Waals surface area contributed by atoms with Gasteiger partial charge in [-0.2, -0.15) is 5.26 Å². The minimum atomic E-state index is -0.381. The zero-order chi connectivity index (χ0) is 14.7. The third-order valence-electron chi connectivity index (χ3n) is 3.28. The third-order valence-corrected chi connectivity index (χ3v) is 3.28. The lowest BCUT2D eigenvalue weighted by Gasteiger charge is -2.15. The van der Waals surface area contributed by atoms with E-state index in [-0.39, 0.29) is 5.97 Å². The SMILES string of the molecule is COC(=O)c1c(CC(C)C)c(C#N)cc2ccccc12. The first-order valence-electron chi connectivity index (χ1n) is 6.61. The maximum atomic E-state index is 12.2. The van der Waals surface area contributed by atoms with Crippen LogP contribution in [0, 0.1) is 17.2 Å². The molecule has 0 fully saturated rings. The fourth-order valence-electron chi connectivity index (χ4n) is 2.45. The molecule has 0 aromatic heterocycles. The summed E-state index contributed by atoms with van der Waals surface area (Å²) in [5.41, 5.74) is 1.86. The Hall–Kier alpha value is -2.34. The smallest absolute Gasteiger partial charge is 0.338 e. The molecule has 2 rings (SSSR count). The molecule has 0 aliphatic heterocycles. The van der Waals surface area contributed by atoms with Gasteiger partial charge >= 0.3 is 5.97 Å². The molecule has 0 aliphatic carbocycles. The van der Waals surface area contributed by atoms with Gasteiger partial charge in [0.1, 0.15) is 0 Å². The maximum absolute atomic E-state index is 12.2. The molecule has 0 saturated carbocycles. The fraction of sp³-hybridized carbons (Fsp3) is 0.294. The molecule has 0 atom stereocenters. The molecule has 3 heteroatoms. The number of carbonyl (C=O) groups is 1. The summed E-state index contributed by atoms with van der Waals surface area (Å²) >= 11 is 0. The number of rotatable bonds is 3. The number of benzene rings is 2. The highest BCUT2D eigenvalue weighted by molar-refractivity contribution is 6.06. The summed E-state index contributed by atoms with van der Waals surface area (Å²) in [6.45, 7) is 4.13. The van der Waals surface area contributed by atoms with Gasteiger partial charge in [0, 0.05) is 0 Å². The van der Waals surface area contributed by atoms with Crippen LogP contribution in [0.1, 0.15) is 35.3 Å². The van der Waals surface area contributed by atoms with Crippen LogP contribution in [0.15, 0.2) is 30.3 Å². The summed E-state index contributed by atoms with van der Waals surface area (Å²) in [5, 5.41) is 11.1. The summed E-state index contributed by atoms with van der Waals surface area (Å²) in [4.78, 5) is 12.2. The fourth-order valence-corrected chi connectivity index (χ4v) is 2.45. The minimum absolute atomic E-state index is 0.353. The highest BCUT2D eigenvalue weighted by atomic mass is 16.5. The van der Waals surface area contributed by atoms with Gasteiger partial charge < -0.3 is 4.74 Å². The number of carbonyl (C=O) groups excluding carboxylic acids is 1. The highest BCUT2D eigenvalue weighted by Gasteiger charge is 2.20. The van der Waals surface area contributed by atoms with Gasteiger partial charge in [0.2, 0.25) is 0 Å². The monoisotopic (exact) mass is 267 g/mol. The van der Waals surface area contributed by atoms with Crippen molar-refractivity contribution >= 4 is 16.7 Å². The zero-order valence-corrected chi connectivity index (χ0v) is 11.9. The second-order valence-corrected chi connectivity index (χ2v) is 5.20. The molecular weight excluding hydrogens is 250 g/mol. The molecule has 3 nitrogen and oxygen atoms in total. The number of fused-ring (bicyclic) bond motifs is 1. The van der Waals surface area contributed by atoms with Gasteiger partial charge in [0.25, 0.3) is 0 Å². The Labute approximate surface area is 118 Å². The molecule has 0 amide bonds. The number of ether oxygens (including phenoxy) is 1. The van der Waals surface area contributed by atoms with Gasteiger partial charge in [-0.25, -0.2) is 4.79 Å². The van der Waals surface area contributed by atoms with Crippen molar-refractivity contribution in [1.29, 1.82) is 5.26 Å². The molecule has 0 radical (unpaired) electrons. The van der Waals surface area contributed by atoms with E-state index in [2.05, 4.69) is 19.9 Å². The van der Waals surface area contributed by atoms with Crippen LogP contribution in [0.3, 0.4) is 0 Å². The molecule has 0 aliphatic rings. The van der Waals surface area contributed by atoms with E-state index >= 15 is 0 Å². The zero-order valence-electron chi connectivity index (χ0n) is 11.9. The molecule has 2 aromatic rings. The Morgan fingerprint density at radius 3 is 2.65 bits per heavy atom. The first kappa shape index (κ1) is 14.1. The van der Waals surface area contributed by atoms with Crippen LogP contribution in [0.25, 0.3) is 10.8 Å². The molecular formula is C17H17NO2. The van der Waals surface area contributed by atoms with Gasteiger partial charge in [0.15, 0.2) is 0 Å². The summed E-state index contributed by atoms with van der Waals surface area (Å²) in [5.74, 6) is -0.0272. The predicted molar refractivity (Wildman–Crippen MR) is 78.5 cm³/mol. The second-order valence-electron chi connectivity index (χ2n) is 5.20. The van der Waals surface area contributed by atoms with Gasteiger partial charge in [-0.3, -0.25) is 0 Å². The van der Waals surface area contributed by atoms with Crippen molar-refractivity contribution in [3.8, 4) is 6.07 Å². The summed E-state index contributed by atoms with van der Waals surface area (Å²) < 4.78 is 4.92. The lowest BCUT2D eigenvalue weighted by atomic mass is 9.89. The van der Waals surface area contributed by atoms with E-state index in [4.69, 9.17) is 4.74 Å². The Kier molecular flexibility index (Phi) is 4.05. The number of hydrogen-bond acceptors (Lipinski definition) is 3. The van der Waals surface area contributed by atoms with Crippen LogP contribution in [-0.2, 0) is 11.2 Å². The molecule has 0 saturated heterocycles. The lowest BCUT2D eigenvalue weighted by Crippen LogP contribution is -2.11. The normalized spacial score (nSPS) is 10.6. The van der Waals surface area contributed by atoms with E-state index in [0.717, 1.165) is 16.3 Å². The summed E-state index contributed by atoms with van der Waals surface area (Å²) in [6.07, 6.45) is 0.679. The standard InChI is InChI=1S/C17H17NO2/c1-11(2)8-15-13(10-18)9-12-6-4-5-7-14(12)16(15)17(19)20-3/h4-7,9,11H,8H2,1-3H3. The van der Waals surface area contributed by atoms with Crippen molar-refractivity contribution in [2.75, 3.05) is 7.11 Å². The maximum Gasteiger partial charge on any atom is 0.338 e. The first-order valence-corrected chi connectivity index (χ1v) is 6.61. The van der Waals surface area contributed by atoms with E-state index in [1.165, 1.54) is 7.11 Å². The van der Waals surface area contributed by atoms with Crippen LogP contribution in [-0.4, -0.2) is 13.1 Å². The van der Waals surface area contributed by atoms with Crippen molar-refractivity contribution in [2.24, 2.45) is 5.92 Å². The highest BCUT2D eigenvalue weighted by Crippen LogP contribution is 2.28. The Morgan fingerprint density at radius 2 is 2.05 bits per heavy atom. The van der Waals surface area contributed by atoms with Crippen LogP contribution in [0.5, 0.6) is 0 Å². The van der Waals surface area contributed by atoms with Crippen molar-refractivity contribution in [1.82, 2.24) is 0 Å². The molecule has 0 bridgehead atoms. The van der Waals surface area contributed by atoms with E-state index in [9.17, 15) is 10.1 Å². The molecule has 2 aromatic carbocycles. The Morgan fingerprint density at radius 1 is 1.35 bits per heavy atom.